The van der Waals surface area contributed by atoms with Gasteiger partial charge in [0.2, 0.25) is 0 Å². The average molecular weight is 217 g/mol. The van der Waals surface area contributed by atoms with E-state index < -0.39 is 11.6 Å². The monoisotopic (exact) mass is 217 g/mol. The van der Waals surface area contributed by atoms with Crippen molar-refractivity contribution in [2.45, 2.75) is 52.2 Å². The molecule has 0 rings (SSSR count). The lowest BCUT2D eigenvalue weighted by molar-refractivity contribution is -0.156. The number of aliphatic carboxylic acids is 1. The van der Waals surface area contributed by atoms with Gasteiger partial charge in [0.1, 0.15) is 0 Å². The largest absolute Gasteiger partial charge is 0.479 e. The Balaban J connectivity index is 3.90. The van der Waals surface area contributed by atoms with E-state index >= 15 is 0 Å². The van der Waals surface area contributed by atoms with Crippen LogP contribution in [0.3, 0.4) is 0 Å². The van der Waals surface area contributed by atoms with Gasteiger partial charge in [-0.25, -0.2) is 4.79 Å². The number of aliphatic hydroxyl groups is 1. The average Bonchev–Trinajstić information content (AvgIpc) is 2.14. The summed E-state index contributed by atoms with van der Waals surface area (Å²) < 4.78 is 0. The topological polar surface area (TPSA) is 69.6 Å². The molecule has 0 fully saturated rings. The number of carboxylic acid groups (broad SMARTS) is 1. The number of carboxylic acids is 1. The van der Waals surface area contributed by atoms with Crippen LogP contribution in [0.4, 0.5) is 0 Å². The second-order valence-electron chi connectivity index (χ2n) is 4.61. The third kappa shape index (κ3) is 5.74. The lowest BCUT2D eigenvalue weighted by Crippen LogP contribution is -2.47. The van der Waals surface area contributed by atoms with Crippen LogP contribution in [-0.2, 0) is 4.79 Å². The maximum absolute atomic E-state index is 10.6. The maximum atomic E-state index is 10.6. The lowest BCUT2D eigenvalue weighted by Gasteiger charge is -2.23. The molecule has 90 valence electrons. The minimum atomic E-state index is -1.68. The van der Waals surface area contributed by atoms with Gasteiger partial charge >= 0.3 is 5.97 Å². The summed E-state index contributed by atoms with van der Waals surface area (Å²) in [6.45, 7) is 7.68. The van der Waals surface area contributed by atoms with Gasteiger partial charge in [-0.3, -0.25) is 0 Å². The highest BCUT2D eigenvalue weighted by Gasteiger charge is 2.29. The molecule has 0 spiro atoms. The Morgan fingerprint density at radius 2 is 2.00 bits per heavy atom. The molecule has 0 saturated heterocycles. The molecule has 15 heavy (non-hydrogen) atoms. The second kappa shape index (κ2) is 6.08. The third-order valence-corrected chi connectivity index (χ3v) is 2.71. The van der Waals surface area contributed by atoms with Crippen molar-refractivity contribution >= 4 is 5.97 Å². The molecule has 0 heterocycles. The SMILES string of the molecule is CCC(C)CC(C)NCC(C)(O)C(=O)O. The fourth-order valence-corrected chi connectivity index (χ4v) is 1.30. The molecule has 0 radical (unpaired) electrons. The van der Waals surface area contributed by atoms with Crippen LogP contribution in [0.5, 0.6) is 0 Å². The number of nitrogens with one attached hydrogen (secondary N) is 1. The maximum Gasteiger partial charge on any atom is 0.336 e. The third-order valence-electron chi connectivity index (χ3n) is 2.71. The molecule has 0 aromatic rings. The van der Waals surface area contributed by atoms with Gasteiger partial charge in [0, 0.05) is 12.6 Å². The number of hydrogen-bond acceptors (Lipinski definition) is 3. The molecule has 3 atom stereocenters. The van der Waals surface area contributed by atoms with Gasteiger partial charge in [0.05, 0.1) is 0 Å². The quantitative estimate of drug-likeness (QED) is 0.600. The van der Waals surface area contributed by atoms with Crippen molar-refractivity contribution in [3.63, 3.8) is 0 Å². The van der Waals surface area contributed by atoms with Crippen LogP contribution in [-0.4, -0.2) is 34.4 Å². The number of rotatable bonds is 7. The van der Waals surface area contributed by atoms with Gasteiger partial charge in [-0.15, -0.1) is 0 Å². The van der Waals surface area contributed by atoms with Crippen molar-refractivity contribution in [3.05, 3.63) is 0 Å². The zero-order valence-electron chi connectivity index (χ0n) is 10.1. The van der Waals surface area contributed by atoms with E-state index in [0.717, 1.165) is 12.8 Å². The van der Waals surface area contributed by atoms with Crippen LogP contribution in [0.15, 0.2) is 0 Å². The normalized spacial score (nSPS) is 19.3. The van der Waals surface area contributed by atoms with E-state index in [1.807, 2.05) is 6.92 Å². The first-order chi connectivity index (χ1) is 6.79. The summed E-state index contributed by atoms with van der Waals surface area (Å²) in [4.78, 5) is 10.6. The molecule has 0 saturated carbocycles. The van der Waals surface area contributed by atoms with Crippen LogP contribution >= 0.6 is 0 Å². The Kier molecular flexibility index (Phi) is 5.83. The number of carbonyl (C=O) groups is 1. The first-order valence-corrected chi connectivity index (χ1v) is 5.48. The predicted octanol–water partition coefficient (Wildman–Crippen LogP) is 1.24. The Morgan fingerprint density at radius 1 is 1.47 bits per heavy atom. The van der Waals surface area contributed by atoms with Gasteiger partial charge in [0.25, 0.3) is 0 Å². The Morgan fingerprint density at radius 3 is 2.40 bits per heavy atom. The molecule has 0 aromatic heterocycles. The molecule has 0 aliphatic carbocycles. The van der Waals surface area contributed by atoms with E-state index in [-0.39, 0.29) is 12.6 Å². The Bertz CT molecular complexity index is 204. The zero-order valence-corrected chi connectivity index (χ0v) is 10.1. The molecular formula is C11H23NO3. The van der Waals surface area contributed by atoms with Crippen LogP contribution in [0.25, 0.3) is 0 Å². The molecule has 0 aromatic carbocycles. The first-order valence-electron chi connectivity index (χ1n) is 5.48. The van der Waals surface area contributed by atoms with Crippen molar-refractivity contribution in [2.75, 3.05) is 6.54 Å². The van der Waals surface area contributed by atoms with Gasteiger partial charge in [-0.05, 0) is 26.2 Å². The Hall–Kier alpha value is -0.610. The van der Waals surface area contributed by atoms with E-state index in [4.69, 9.17) is 5.11 Å². The summed E-state index contributed by atoms with van der Waals surface area (Å²) in [6, 6.07) is 0.228. The first kappa shape index (κ1) is 14.4. The second-order valence-corrected chi connectivity index (χ2v) is 4.61. The van der Waals surface area contributed by atoms with Crippen molar-refractivity contribution in [1.29, 1.82) is 0 Å². The number of hydrogen-bond donors (Lipinski definition) is 3. The van der Waals surface area contributed by atoms with E-state index in [1.54, 1.807) is 0 Å². The minimum Gasteiger partial charge on any atom is -0.479 e. The molecule has 3 N–H and O–H groups in total. The highest BCUT2D eigenvalue weighted by Crippen LogP contribution is 2.10. The molecule has 0 bridgehead atoms. The molecule has 4 heteroatoms. The molecule has 3 unspecified atom stereocenters. The molecule has 0 aliphatic rings. The fourth-order valence-electron chi connectivity index (χ4n) is 1.30. The van der Waals surface area contributed by atoms with Gasteiger partial charge in [-0.1, -0.05) is 20.3 Å². The van der Waals surface area contributed by atoms with E-state index in [1.165, 1.54) is 6.92 Å². The molecule has 4 nitrogen and oxygen atoms in total. The van der Waals surface area contributed by atoms with Crippen LogP contribution in [0.2, 0.25) is 0 Å². The summed E-state index contributed by atoms with van der Waals surface area (Å²) in [5.41, 5.74) is -1.68. The smallest absolute Gasteiger partial charge is 0.336 e. The highest BCUT2D eigenvalue weighted by molar-refractivity contribution is 5.76. The van der Waals surface area contributed by atoms with Crippen molar-refractivity contribution in [2.24, 2.45) is 5.92 Å². The predicted molar refractivity (Wildman–Crippen MR) is 59.8 cm³/mol. The zero-order chi connectivity index (χ0) is 12.1. The standard InChI is InChI=1S/C11H23NO3/c1-5-8(2)6-9(3)12-7-11(4,15)10(13)14/h8-9,12,15H,5-7H2,1-4H3,(H,13,14). The van der Waals surface area contributed by atoms with Gasteiger partial charge in [0.15, 0.2) is 5.60 Å². The molecule has 0 aliphatic heterocycles. The van der Waals surface area contributed by atoms with E-state index in [9.17, 15) is 9.90 Å². The minimum absolute atomic E-state index is 0.0833. The van der Waals surface area contributed by atoms with Crippen LogP contribution in [0, 0.1) is 5.92 Å². The summed E-state index contributed by atoms with van der Waals surface area (Å²) >= 11 is 0. The lowest BCUT2D eigenvalue weighted by atomic mass is 9.99. The molecule has 0 amide bonds. The van der Waals surface area contributed by atoms with Gasteiger partial charge < -0.3 is 15.5 Å². The van der Waals surface area contributed by atoms with E-state index in [0.29, 0.717) is 5.92 Å². The van der Waals surface area contributed by atoms with Crippen molar-refractivity contribution in [3.8, 4) is 0 Å². The van der Waals surface area contributed by atoms with E-state index in [2.05, 4.69) is 19.2 Å². The summed E-state index contributed by atoms with van der Waals surface area (Å²) in [5.74, 6) is -0.576. The summed E-state index contributed by atoms with van der Waals surface area (Å²) in [6.07, 6.45) is 2.10. The summed E-state index contributed by atoms with van der Waals surface area (Å²) in [7, 11) is 0. The van der Waals surface area contributed by atoms with Crippen molar-refractivity contribution in [1.82, 2.24) is 5.32 Å². The molecular weight excluding hydrogens is 194 g/mol. The van der Waals surface area contributed by atoms with Crippen molar-refractivity contribution < 1.29 is 15.0 Å². The van der Waals surface area contributed by atoms with Crippen LogP contribution < -0.4 is 5.32 Å². The highest BCUT2D eigenvalue weighted by atomic mass is 16.4. The summed E-state index contributed by atoms with van der Waals surface area (Å²) in [5, 5.41) is 21.2. The van der Waals surface area contributed by atoms with Gasteiger partial charge in [-0.2, -0.15) is 0 Å². The Labute approximate surface area is 91.7 Å². The fraction of sp³-hybridized carbons (Fsp3) is 0.909. The van der Waals surface area contributed by atoms with Crippen LogP contribution in [0.1, 0.15) is 40.5 Å².